The van der Waals surface area contributed by atoms with Crippen molar-refractivity contribution >= 4 is 34.0 Å². The molecule has 0 saturated carbocycles. The van der Waals surface area contributed by atoms with Crippen LogP contribution in [0.15, 0.2) is 60.8 Å². The van der Waals surface area contributed by atoms with E-state index in [0.29, 0.717) is 11.5 Å². The molecular weight excluding hydrogens is 264 g/mol. The number of rotatable bonds is 2. The number of nitrogens with two attached hydrogens (primary N) is 1. The number of carbonyl (C=O) groups is 1. The van der Waals surface area contributed by atoms with Crippen molar-refractivity contribution < 1.29 is 4.79 Å². The highest BCUT2D eigenvalue weighted by atomic mass is 16.2. The molecular formula is C16H14N4O. The van der Waals surface area contributed by atoms with Crippen LogP contribution in [0.2, 0.25) is 0 Å². The Labute approximate surface area is 121 Å². The van der Waals surface area contributed by atoms with Crippen molar-refractivity contribution in [3.05, 3.63) is 60.8 Å². The van der Waals surface area contributed by atoms with Crippen molar-refractivity contribution in [3.8, 4) is 0 Å². The van der Waals surface area contributed by atoms with Crippen molar-refractivity contribution in [3.63, 3.8) is 0 Å². The molecule has 0 aliphatic heterocycles. The van der Waals surface area contributed by atoms with Crippen molar-refractivity contribution in [1.82, 2.24) is 4.98 Å². The zero-order valence-electron chi connectivity index (χ0n) is 11.2. The molecule has 0 aliphatic carbocycles. The summed E-state index contributed by atoms with van der Waals surface area (Å²) in [5.41, 5.74) is 6.91. The second-order valence-corrected chi connectivity index (χ2v) is 4.55. The topological polar surface area (TPSA) is 80.0 Å². The number of nitrogens with one attached hydrogen (secondary N) is 2. The summed E-state index contributed by atoms with van der Waals surface area (Å²) in [6, 6.07) is 16.6. The summed E-state index contributed by atoms with van der Waals surface area (Å²) in [6.45, 7) is 0. The quantitative estimate of drug-likeness (QED) is 0.671. The fourth-order valence-electron chi connectivity index (χ4n) is 2.12. The van der Waals surface area contributed by atoms with Gasteiger partial charge in [0.05, 0.1) is 11.4 Å². The summed E-state index contributed by atoms with van der Waals surface area (Å²) in [6.07, 6.45) is 1.57. The van der Waals surface area contributed by atoms with Gasteiger partial charge in [-0.2, -0.15) is 0 Å². The number of hydrogen-bond donors (Lipinski definition) is 3. The van der Waals surface area contributed by atoms with Gasteiger partial charge in [0.2, 0.25) is 0 Å². The maximum absolute atomic E-state index is 12.1. The maximum Gasteiger partial charge on any atom is 0.324 e. The second kappa shape index (κ2) is 5.50. The number of hydrogen-bond acceptors (Lipinski definition) is 3. The SMILES string of the molecule is Nc1cccnc1NC(=O)Nc1cccc2ccccc12. The number of amides is 2. The summed E-state index contributed by atoms with van der Waals surface area (Å²) in [4.78, 5) is 16.1. The summed E-state index contributed by atoms with van der Waals surface area (Å²) < 4.78 is 0. The Kier molecular flexibility index (Phi) is 3.39. The van der Waals surface area contributed by atoms with Crippen LogP contribution in [-0.2, 0) is 0 Å². The highest BCUT2D eigenvalue weighted by molar-refractivity contribution is 6.06. The number of aromatic nitrogens is 1. The highest BCUT2D eigenvalue weighted by Crippen LogP contribution is 2.23. The molecule has 0 aliphatic rings. The third-order valence-electron chi connectivity index (χ3n) is 3.11. The average molecular weight is 278 g/mol. The molecule has 5 nitrogen and oxygen atoms in total. The summed E-state index contributed by atoms with van der Waals surface area (Å²) in [5.74, 6) is 0.343. The first kappa shape index (κ1) is 12.9. The predicted molar refractivity (Wildman–Crippen MR) is 85.2 cm³/mol. The van der Waals surface area contributed by atoms with Crippen LogP contribution in [0, 0.1) is 0 Å². The first-order valence-electron chi connectivity index (χ1n) is 6.50. The van der Waals surface area contributed by atoms with Gasteiger partial charge in [-0.25, -0.2) is 9.78 Å². The standard InChI is InChI=1S/C16H14N4O/c17-13-8-4-10-18-15(13)20-16(21)19-14-9-3-6-11-5-1-2-7-12(11)14/h1-10H,17H2,(H2,18,19,20,21). The summed E-state index contributed by atoms with van der Waals surface area (Å²) in [5, 5.41) is 7.49. The lowest BCUT2D eigenvalue weighted by Crippen LogP contribution is -2.21. The van der Waals surface area contributed by atoms with E-state index in [0.717, 1.165) is 16.5 Å². The van der Waals surface area contributed by atoms with Gasteiger partial charge in [0.25, 0.3) is 0 Å². The first-order valence-corrected chi connectivity index (χ1v) is 6.50. The third-order valence-corrected chi connectivity index (χ3v) is 3.11. The zero-order valence-corrected chi connectivity index (χ0v) is 11.2. The molecule has 0 spiro atoms. The molecule has 3 aromatic rings. The van der Waals surface area contributed by atoms with Gasteiger partial charge in [-0.3, -0.25) is 5.32 Å². The Morgan fingerprint density at radius 3 is 2.62 bits per heavy atom. The van der Waals surface area contributed by atoms with Gasteiger partial charge in [-0.05, 0) is 23.6 Å². The van der Waals surface area contributed by atoms with Gasteiger partial charge in [0.15, 0.2) is 5.82 Å². The number of urea groups is 1. The number of pyridine rings is 1. The molecule has 0 radical (unpaired) electrons. The monoisotopic (exact) mass is 278 g/mol. The molecule has 21 heavy (non-hydrogen) atoms. The molecule has 104 valence electrons. The van der Waals surface area contributed by atoms with Crippen LogP contribution in [0.4, 0.5) is 22.0 Å². The van der Waals surface area contributed by atoms with E-state index in [-0.39, 0.29) is 6.03 Å². The van der Waals surface area contributed by atoms with E-state index in [1.54, 1.807) is 18.3 Å². The minimum absolute atomic E-state index is 0.343. The second-order valence-electron chi connectivity index (χ2n) is 4.55. The maximum atomic E-state index is 12.1. The Morgan fingerprint density at radius 1 is 0.952 bits per heavy atom. The molecule has 3 rings (SSSR count). The smallest absolute Gasteiger partial charge is 0.324 e. The lowest BCUT2D eigenvalue weighted by Gasteiger charge is -2.10. The molecule has 0 bridgehead atoms. The molecule has 1 aromatic heterocycles. The predicted octanol–water partition coefficient (Wildman–Crippen LogP) is 3.46. The number of nitrogens with zero attached hydrogens (tertiary/aromatic N) is 1. The van der Waals surface area contributed by atoms with Crippen molar-refractivity contribution in [2.45, 2.75) is 0 Å². The lowest BCUT2D eigenvalue weighted by molar-refractivity contribution is 0.262. The van der Waals surface area contributed by atoms with Crippen LogP contribution in [0.3, 0.4) is 0 Å². The van der Waals surface area contributed by atoms with Crippen LogP contribution >= 0.6 is 0 Å². The molecule has 0 atom stereocenters. The zero-order chi connectivity index (χ0) is 14.7. The van der Waals surface area contributed by atoms with Crippen LogP contribution in [0.1, 0.15) is 0 Å². The van der Waals surface area contributed by atoms with Gasteiger partial charge in [0.1, 0.15) is 0 Å². The number of carbonyl (C=O) groups excluding carboxylic acids is 1. The van der Waals surface area contributed by atoms with Crippen molar-refractivity contribution in [1.29, 1.82) is 0 Å². The Morgan fingerprint density at radius 2 is 1.76 bits per heavy atom. The largest absolute Gasteiger partial charge is 0.396 e. The van der Waals surface area contributed by atoms with E-state index in [1.165, 1.54) is 0 Å². The van der Waals surface area contributed by atoms with Crippen LogP contribution in [-0.4, -0.2) is 11.0 Å². The molecule has 0 fully saturated rings. The summed E-state index contributed by atoms with van der Waals surface area (Å²) in [7, 11) is 0. The molecule has 2 aromatic carbocycles. The fourth-order valence-corrected chi connectivity index (χ4v) is 2.12. The molecule has 0 unspecified atom stereocenters. The number of fused-ring (bicyclic) bond motifs is 1. The summed E-state index contributed by atoms with van der Waals surface area (Å²) >= 11 is 0. The first-order chi connectivity index (χ1) is 10.2. The minimum Gasteiger partial charge on any atom is -0.396 e. The fraction of sp³-hybridized carbons (Fsp3) is 0. The van der Waals surface area contributed by atoms with Gasteiger partial charge in [-0.15, -0.1) is 0 Å². The van der Waals surface area contributed by atoms with E-state index >= 15 is 0 Å². The van der Waals surface area contributed by atoms with E-state index in [1.807, 2.05) is 42.5 Å². The molecule has 1 heterocycles. The Bertz CT molecular complexity index is 796. The molecule has 4 N–H and O–H groups in total. The van der Waals surface area contributed by atoms with Gasteiger partial charge >= 0.3 is 6.03 Å². The van der Waals surface area contributed by atoms with Crippen LogP contribution in [0.25, 0.3) is 10.8 Å². The Hall–Kier alpha value is -3.08. The van der Waals surface area contributed by atoms with E-state index < -0.39 is 0 Å². The molecule has 2 amide bonds. The molecule has 5 heteroatoms. The normalized spacial score (nSPS) is 10.3. The van der Waals surface area contributed by atoms with Gasteiger partial charge < -0.3 is 11.1 Å². The van der Waals surface area contributed by atoms with Gasteiger partial charge in [-0.1, -0.05) is 36.4 Å². The minimum atomic E-state index is -0.378. The van der Waals surface area contributed by atoms with E-state index in [9.17, 15) is 4.79 Å². The van der Waals surface area contributed by atoms with Crippen molar-refractivity contribution in [2.75, 3.05) is 16.4 Å². The van der Waals surface area contributed by atoms with E-state index in [2.05, 4.69) is 15.6 Å². The number of anilines is 3. The lowest BCUT2D eigenvalue weighted by atomic mass is 10.1. The Balaban J connectivity index is 1.82. The molecule has 0 saturated heterocycles. The number of benzene rings is 2. The average Bonchev–Trinajstić information content (AvgIpc) is 2.50. The van der Waals surface area contributed by atoms with E-state index in [4.69, 9.17) is 5.73 Å². The highest BCUT2D eigenvalue weighted by Gasteiger charge is 2.07. The number of nitrogen functional groups attached to an aromatic ring is 1. The van der Waals surface area contributed by atoms with Crippen molar-refractivity contribution in [2.24, 2.45) is 0 Å². The van der Waals surface area contributed by atoms with Crippen LogP contribution < -0.4 is 16.4 Å². The van der Waals surface area contributed by atoms with Crippen LogP contribution in [0.5, 0.6) is 0 Å². The third kappa shape index (κ3) is 2.76. The van der Waals surface area contributed by atoms with Gasteiger partial charge in [0, 0.05) is 11.6 Å².